The maximum absolute atomic E-state index is 5.61. The highest BCUT2D eigenvalue weighted by molar-refractivity contribution is 5.51. The number of hydrogen-bond donors (Lipinski definition) is 1. The van der Waals surface area contributed by atoms with Gasteiger partial charge in [0.2, 0.25) is 0 Å². The molecule has 3 rings (SSSR count). The van der Waals surface area contributed by atoms with Crippen molar-refractivity contribution in [2.45, 2.75) is 12.6 Å². The van der Waals surface area contributed by atoms with Gasteiger partial charge in [0.15, 0.2) is 11.5 Å². The van der Waals surface area contributed by atoms with Gasteiger partial charge in [0.1, 0.15) is 11.5 Å². The fourth-order valence-electron chi connectivity index (χ4n) is 3.40. The van der Waals surface area contributed by atoms with E-state index in [-0.39, 0.29) is 6.04 Å². The number of para-hydroxylation sites is 1. The second kappa shape index (κ2) is 9.85. The fourth-order valence-corrected chi connectivity index (χ4v) is 3.40. The highest BCUT2D eigenvalue weighted by Gasteiger charge is 2.19. The van der Waals surface area contributed by atoms with Crippen LogP contribution in [-0.4, -0.2) is 28.4 Å². The van der Waals surface area contributed by atoms with Crippen LogP contribution in [0.15, 0.2) is 66.7 Å². The van der Waals surface area contributed by atoms with E-state index in [2.05, 4.69) is 23.5 Å². The van der Waals surface area contributed by atoms with Gasteiger partial charge in [-0.3, -0.25) is 0 Å². The first-order valence-electron chi connectivity index (χ1n) is 9.42. The molecule has 5 heteroatoms. The molecule has 29 heavy (non-hydrogen) atoms. The van der Waals surface area contributed by atoms with Crippen molar-refractivity contribution in [3.8, 4) is 23.0 Å². The highest BCUT2D eigenvalue weighted by Crippen LogP contribution is 2.36. The van der Waals surface area contributed by atoms with Gasteiger partial charge in [0.25, 0.3) is 0 Å². The second-order valence-corrected chi connectivity index (χ2v) is 6.49. The van der Waals surface area contributed by atoms with E-state index in [9.17, 15) is 0 Å². The van der Waals surface area contributed by atoms with Crippen LogP contribution >= 0.6 is 0 Å². The van der Waals surface area contributed by atoms with Crippen molar-refractivity contribution in [2.24, 2.45) is 0 Å². The van der Waals surface area contributed by atoms with Gasteiger partial charge in [0.05, 0.1) is 34.5 Å². The molecule has 0 heterocycles. The van der Waals surface area contributed by atoms with Crippen LogP contribution < -0.4 is 24.3 Å². The van der Waals surface area contributed by atoms with Crippen molar-refractivity contribution in [3.63, 3.8) is 0 Å². The van der Waals surface area contributed by atoms with E-state index in [1.807, 2.05) is 48.5 Å². The molecule has 0 amide bonds. The maximum atomic E-state index is 5.61. The molecule has 1 atom stereocenters. The zero-order valence-electron chi connectivity index (χ0n) is 17.3. The summed E-state index contributed by atoms with van der Waals surface area (Å²) in [7, 11) is 6.59. The van der Waals surface area contributed by atoms with Crippen LogP contribution in [-0.2, 0) is 6.54 Å². The molecule has 1 unspecified atom stereocenters. The number of ether oxygens (including phenoxy) is 4. The molecule has 0 aliphatic carbocycles. The van der Waals surface area contributed by atoms with Crippen LogP contribution in [0.5, 0.6) is 23.0 Å². The summed E-state index contributed by atoms with van der Waals surface area (Å²) in [5, 5.41) is 3.65. The smallest absolute Gasteiger partial charge is 0.164 e. The van der Waals surface area contributed by atoms with E-state index in [0.29, 0.717) is 18.0 Å². The summed E-state index contributed by atoms with van der Waals surface area (Å²) in [4.78, 5) is 0. The van der Waals surface area contributed by atoms with E-state index < -0.39 is 0 Å². The zero-order chi connectivity index (χ0) is 20.6. The Bertz CT molecular complexity index is 927. The minimum absolute atomic E-state index is 0.0508. The molecule has 152 valence electrons. The Morgan fingerprint density at radius 1 is 0.655 bits per heavy atom. The average molecular weight is 393 g/mol. The molecule has 0 fully saturated rings. The van der Waals surface area contributed by atoms with Gasteiger partial charge in [-0.25, -0.2) is 0 Å². The molecule has 0 aliphatic heterocycles. The van der Waals surface area contributed by atoms with Crippen molar-refractivity contribution in [1.82, 2.24) is 5.32 Å². The average Bonchev–Trinajstić information content (AvgIpc) is 2.79. The third kappa shape index (κ3) is 4.63. The van der Waals surface area contributed by atoms with Gasteiger partial charge in [-0.05, 0) is 17.7 Å². The van der Waals surface area contributed by atoms with Crippen LogP contribution in [0, 0.1) is 0 Å². The third-order valence-electron chi connectivity index (χ3n) is 4.87. The van der Waals surface area contributed by atoms with E-state index in [1.54, 1.807) is 28.4 Å². The quantitative estimate of drug-likeness (QED) is 0.576. The predicted octanol–water partition coefficient (Wildman–Crippen LogP) is 4.60. The van der Waals surface area contributed by atoms with Crippen LogP contribution in [0.1, 0.15) is 22.7 Å². The van der Waals surface area contributed by atoms with E-state index >= 15 is 0 Å². The van der Waals surface area contributed by atoms with E-state index in [1.165, 1.54) is 0 Å². The molecule has 0 aromatic heterocycles. The lowest BCUT2D eigenvalue weighted by Crippen LogP contribution is -2.23. The molecule has 0 bridgehead atoms. The van der Waals surface area contributed by atoms with Gasteiger partial charge in [-0.1, -0.05) is 48.5 Å². The molecule has 0 saturated carbocycles. The van der Waals surface area contributed by atoms with Crippen molar-refractivity contribution in [2.75, 3.05) is 28.4 Å². The molecule has 1 N–H and O–H groups in total. The van der Waals surface area contributed by atoms with Gasteiger partial charge < -0.3 is 24.3 Å². The summed E-state index contributed by atoms with van der Waals surface area (Å²) < 4.78 is 22.0. The van der Waals surface area contributed by atoms with Crippen LogP contribution in [0.4, 0.5) is 0 Å². The SMILES string of the molecule is COc1cc(OC)c(OC)cc1CNC(c1ccccc1)c1ccccc1OC. The lowest BCUT2D eigenvalue weighted by atomic mass is 9.97. The molecular weight excluding hydrogens is 366 g/mol. The summed E-state index contributed by atoms with van der Waals surface area (Å²) in [6, 6.07) is 22.1. The summed E-state index contributed by atoms with van der Waals surface area (Å²) >= 11 is 0. The highest BCUT2D eigenvalue weighted by atomic mass is 16.5. The number of hydrogen-bond acceptors (Lipinski definition) is 5. The largest absolute Gasteiger partial charge is 0.496 e. The fraction of sp³-hybridized carbons (Fsp3) is 0.250. The van der Waals surface area contributed by atoms with Crippen molar-refractivity contribution in [1.29, 1.82) is 0 Å². The molecule has 0 aliphatic rings. The first-order valence-corrected chi connectivity index (χ1v) is 9.42. The van der Waals surface area contributed by atoms with Gasteiger partial charge >= 0.3 is 0 Å². The zero-order valence-corrected chi connectivity index (χ0v) is 17.3. The van der Waals surface area contributed by atoms with Crippen LogP contribution in [0.2, 0.25) is 0 Å². The Hall–Kier alpha value is -3.18. The van der Waals surface area contributed by atoms with Gasteiger partial charge in [-0.15, -0.1) is 0 Å². The third-order valence-corrected chi connectivity index (χ3v) is 4.87. The first kappa shape index (κ1) is 20.6. The molecule has 0 radical (unpaired) electrons. The van der Waals surface area contributed by atoms with E-state index in [4.69, 9.17) is 18.9 Å². The normalized spacial score (nSPS) is 11.6. The van der Waals surface area contributed by atoms with Crippen molar-refractivity contribution >= 4 is 0 Å². The molecule has 0 saturated heterocycles. The Morgan fingerprint density at radius 3 is 1.90 bits per heavy atom. The number of benzene rings is 3. The molecular formula is C24H27NO4. The Kier molecular flexibility index (Phi) is 6.98. The summed E-state index contributed by atoms with van der Waals surface area (Å²) in [5.41, 5.74) is 3.19. The topological polar surface area (TPSA) is 49.0 Å². The molecule has 5 nitrogen and oxygen atoms in total. The Morgan fingerprint density at radius 2 is 1.24 bits per heavy atom. The van der Waals surface area contributed by atoms with E-state index in [0.717, 1.165) is 28.2 Å². The van der Waals surface area contributed by atoms with Crippen LogP contribution in [0.25, 0.3) is 0 Å². The Labute approximate surface area is 172 Å². The van der Waals surface area contributed by atoms with Crippen molar-refractivity contribution < 1.29 is 18.9 Å². The van der Waals surface area contributed by atoms with Gasteiger partial charge in [-0.2, -0.15) is 0 Å². The maximum Gasteiger partial charge on any atom is 0.164 e. The molecule has 0 spiro atoms. The summed E-state index contributed by atoms with van der Waals surface area (Å²) in [6.45, 7) is 0.571. The predicted molar refractivity (Wildman–Crippen MR) is 114 cm³/mol. The van der Waals surface area contributed by atoms with Crippen molar-refractivity contribution in [3.05, 3.63) is 83.4 Å². The second-order valence-electron chi connectivity index (χ2n) is 6.49. The number of nitrogens with one attached hydrogen (secondary N) is 1. The van der Waals surface area contributed by atoms with Crippen LogP contribution in [0.3, 0.4) is 0 Å². The Balaban J connectivity index is 1.96. The minimum Gasteiger partial charge on any atom is -0.496 e. The van der Waals surface area contributed by atoms with Gasteiger partial charge in [0, 0.05) is 23.7 Å². The molecule has 3 aromatic carbocycles. The number of methoxy groups -OCH3 is 4. The minimum atomic E-state index is -0.0508. The molecule has 3 aromatic rings. The summed E-state index contributed by atoms with van der Waals surface area (Å²) in [6.07, 6.45) is 0. The summed E-state index contributed by atoms with van der Waals surface area (Å²) in [5.74, 6) is 2.88. The lowest BCUT2D eigenvalue weighted by Gasteiger charge is -2.23. The first-order chi connectivity index (χ1) is 14.2. The standard InChI is InChI=1S/C24H27NO4/c1-26-20-13-9-8-12-19(20)24(17-10-6-5-7-11-17)25-16-18-14-22(28-3)23(29-4)15-21(18)27-2/h5-15,24-25H,16H2,1-4H3. The lowest BCUT2D eigenvalue weighted by molar-refractivity contribution is 0.346. The monoisotopic (exact) mass is 393 g/mol. The number of rotatable bonds is 9.